The quantitative estimate of drug-likeness (QED) is 0.722. The number of hydrogen-bond acceptors (Lipinski definition) is 5. The highest BCUT2D eigenvalue weighted by Gasteiger charge is 2.05. The maximum absolute atomic E-state index is 5.59. The number of nitrogens with zero attached hydrogens (tertiary/aromatic N) is 2. The molecular formula is C16H22N4O. The van der Waals surface area contributed by atoms with Crippen molar-refractivity contribution >= 4 is 17.5 Å². The number of nitrogens with one attached hydrogen (secondary N) is 2. The lowest BCUT2D eigenvalue weighted by atomic mass is 10.3. The number of hydrogen-bond donors (Lipinski definition) is 2. The number of para-hydroxylation sites is 2. The fourth-order valence-corrected chi connectivity index (χ4v) is 1.88. The van der Waals surface area contributed by atoms with Gasteiger partial charge in [0.15, 0.2) is 0 Å². The molecule has 0 saturated heterocycles. The predicted octanol–water partition coefficient (Wildman–Crippen LogP) is 3.83. The molecule has 0 aliphatic heterocycles. The molecule has 1 aromatic carbocycles. The number of rotatable bonds is 8. The molecular weight excluding hydrogens is 264 g/mol. The number of aromatic nitrogens is 2. The van der Waals surface area contributed by atoms with Gasteiger partial charge in [0.1, 0.15) is 11.6 Å². The summed E-state index contributed by atoms with van der Waals surface area (Å²) < 4.78 is 5.59. The Morgan fingerprint density at radius 2 is 2.00 bits per heavy atom. The molecule has 112 valence electrons. The van der Waals surface area contributed by atoms with Gasteiger partial charge < -0.3 is 15.4 Å². The van der Waals surface area contributed by atoms with E-state index in [1.54, 1.807) is 6.20 Å². The van der Waals surface area contributed by atoms with Crippen molar-refractivity contribution in [3.8, 4) is 5.75 Å². The summed E-state index contributed by atoms with van der Waals surface area (Å²) in [6, 6.07) is 9.64. The van der Waals surface area contributed by atoms with E-state index >= 15 is 0 Å². The van der Waals surface area contributed by atoms with Crippen LogP contribution < -0.4 is 15.4 Å². The van der Waals surface area contributed by atoms with Crippen molar-refractivity contribution in [3.63, 3.8) is 0 Å². The molecule has 5 heteroatoms. The molecule has 0 fully saturated rings. The Balaban J connectivity index is 2.07. The Kier molecular flexibility index (Phi) is 5.82. The van der Waals surface area contributed by atoms with Gasteiger partial charge in [-0.2, -0.15) is 4.98 Å². The summed E-state index contributed by atoms with van der Waals surface area (Å²) in [5, 5.41) is 6.49. The summed E-state index contributed by atoms with van der Waals surface area (Å²) in [7, 11) is 0. The number of ether oxygens (including phenoxy) is 1. The third-order valence-corrected chi connectivity index (χ3v) is 2.93. The first-order chi connectivity index (χ1) is 10.3. The molecule has 0 amide bonds. The Morgan fingerprint density at radius 1 is 1.14 bits per heavy atom. The van der Waals surface area contributed by atoms with Gasteiger partial charge in [0.05, 0.1) is 12.3 Å². The first kappa shape index (κ1) is 15.1. The van der Waals surface area contributed by atoms with Crippen LogP contribution in [0.15, 0.2) is 36.5 Å². The lowest BCUT2D eigenvalue weighted by Crippen LogP contribution is -2.05. The van der Waals surface area contributed by atoms with Gasteiger partial charge >= 0.3 is 0 Å². The van der Waals surface area contributed by atoms with E-state index in [2.05, 4.69) is 27.5 Å². The van der Waals surface area contributed by atoms with Crippen molar-refractivity contribution in [2.75, 3.05) is 23.8 Å². The molecule has 21 heavy (non-hydrogen) atoms. The van der Waals surface area contributed by atoms with Crippen LogP contribution in [0.4, 0.5) is 17.5 Å². The number of benzene rings is 1. The van der Waals surface area contributed by atoms with E-state index in [0.717, 1.165) is 36.6 Å². The van der Waals surface area contributed by atoms with Crippen LogP contribution in [-0.4, -0.2) is 23.1 Å². The molecule has 0 unspecified atom stereocenters. The largest absolute Gasteiger partial charge is 0.492 e. The van der Waals surface area contributed by atoms with E-state index in [1.807, 2.05) is 37.3 Å². The molecule has 0 atom stereocenters. The second kappa shape index (κ2) is 8.09. The first-order valence-electron chi connectivity index (χ1n) is 7.39. The minimum absolute atomic E-state index is 0.559. The average Bonchev–Trinajstić information content (AvgIpc) is 2.50. The summed E-state index contributed by atoms with van der Waals surface area (Å²) >= 11 is 0. The molecule has 2 rings (SSSR count). The van der Waals surface area contributed by atoms with Crippen molar-refractivity contribution < 1.29 is 4.74 Å². The smallest absolute Gasteiger partial charge is 0.229 e. The minimum Gasteiger partial charge on any atom is -0.492 e. The van der Waals surface area contributed by atoms with Gasteiger partial charge in [-0.3, -0.25) is 0 Å². The predicted molar refractivity (Wildman–Crippen MR) is 86.3 cm³/mol. The minimum atomic E-state index is 0.559. The second-order valence-electron chi connectivity index (χ2n) is 4.60. The molecule has 5 nitrogen and oxygen atoms in total. The zero-order valence-corrected chi connectivity index (χ0v) is 12.6. The van der Waals surface area contributed by atoms with Crippen molar-refractivity contribution in [1.82, 2.24) is 9.97 Å². The van der Waals surface area contributed by atoms with E-state index in [0.29, 0.717) is 12.6 Å². The summed E-state index contributed by atoms with van der Waals surface area (Å²) in [4.78, 5) is 8.70. The molecule has 2 N–H and O–H groups in total. The molecule has 0 saturated carbocycles. The highest BCUT2D eigenvalue weighted by molar-refractivity contribution is 5.62. The van der Waals surface area contributed by atoms with Gasteiger partial charge in [-0.05, 0) is 31.5 Å². The van der Waals surface area contributed by atoms with E-state index in [-0.39, 0.29) is 0 Å². The summed E-state index contributed by atoms with van der Waals surface area (Å²) in [6.45, 7) is 5.67. The zero-order valence-electron chi connectivity index (χ0n) is 12.6. The fraction of sp³-hybridized carbons (Fsp3) is 0.375. The van der Waals surface area contributed by atoms with Crippen molar-refractivity contribution in [2.45, 2.75) is 26.7 Å². The van der Waals surface area contributed by atoms with Gasteiger partial charge in [0.2, 0.25) is 5.95 Å². The van der Waals surface area contributed by atoms with E-state index in [1.165, 1.54) is 0 Å². The van der Waals surface area contributed by atoms with Crippen LogP contribution in [0.25, 0.3) is 0 Å². The van der Waals surface area contributed by atoms with Crippen LogP contribution in [0, 0.1) is 0 Å². The summed E-state index contributed by atoms with van der Waals surface area (Å²) in [6.07, 6.45) is 4.03. The van der Waals surface area contributed by atoms with Gasteiger partial charge in [-0.25, -0.2) is 4.98 Å². The normalized spacial score (nSPS) is 10.2. The highest BCUT2D eigenvalue weighted by Crippen LogP contribution is 2.26. The molecule has 1 heterocycles. The SMILES string of the molecule is CCCCNc1ccnc(Nc2ccccc2OCC)n1. The van der Waals surface area contributed by atoms with Crippen molar-refractivity contribution in [2.24, 2.45) is 0 Å². The van der Waals surface area contributed by atoms with Crippen LogP contribution in [0.2, 0.25) is 0 Å². The molecule has 0 aliphatic carbocycles. The van der Waals surface area contributed by atoms with Gasteiger partial charge in [-0.15, -0.1) is 0 Å². The molecule has 2 aromatic rings. The standard InChI is InChI=1S/C16H22N4O/c1-3-5-11-17-15-10-12-18-16(20-15)19-13-8-6-7-9-14(13)21-4-2/h6-10,12H,3-5,11H2,1-2H3,(H2,17,18,19,20). The Bertz CT molecular complexity index is 559. The number of anilines is 3. The van der Waals surface area contributed by atoms with Crippen LogP contribution in [0.5, 0.6) is 5.75 Å². The van der Waals surface area contributed by atoms with E-state index in [4.69, 9.17) is 4.74 Å². The Labute approximate surface area is 125 Å². The molecule has 0 spiro atoms. The van der Waals surface area contributed by atoms with E-state index < -0.39 is 0 Å². The zero-order chi connectivity index (χ0) is 14.9. The molecule has 0 bridgehead atoms. The topological polar surface area (TPSA) is 59.1 Å². The Hall–Kier alpha value is -2.30. The lowest BCUT2D eigenvalue weighted by molar-refractivity contribution is 0.342. The van der Waals surface area contributed by atoms with Crippen molar-refractivity contribution in [1.29, 1.82) is 0 Å². The second-order valence-corrected chi connectivity index (χ2v) is 4.60. The molecule has 1 aromatic heterocycles. The van der Waals surface area contributed by atoms with Gasteiger partial charge in [-0.1, -0.05) is 25.5 Å². The molecule has 0 radical (unpaired) electrons. The van der Waals surface area contributed by atoms with Gasteiger partial charge in [0, 0.05) is 12.7 Å². The molecule has 0 aliphatic rings. The highest BCUT2D eigenvalue weighted by atomic mass is 16.5. The lowest BCUT2D eigenvalue weighted by Gasteiger charge is -2.12. The summed E-state index contributed by atoms with van der Waals surface area (Å²) in [5.74, 6) is 2.19. The average molecular weight is 286 g/mol. The van der Waals surface area contributed by atoms with Crippen LogP contribution in [-0.2, 0) is 0 Å². The van der Waals surface area contributed by atoms with Crippen molar-refractivity contribution in [3.05, 3.63) is 36.5 Å². The third-order valence-electron chi connectivity index (χ3n) is 2.93. The monoisotopic (exact) mass is 286 g/mol. The maximum Gasteiger partial charge on any atom is 0.229 e. The third kappa shape index (κ3) is 4.63. The first-order valence-corrected chi connectivity index (χ1v) is 7.39. The fourth-order valence-electron chi connectivity index (χ4n) is 1.88. The maximum atomic E-state index is 5.59. The number of unbranched alkanes of at least 4 members (excludes halogenated alkanes) is 1. The van der Waals surface area contributed by atoms with Crippen LogP contribution in [0.3, 0.4) is 0 Å². The van der Waals surface area contributed by atoms with Crippen LogP contribution in [0.1, 0.15) is 26.7 Å². The Morgan fingerprint density at radius 3 is 2.81 bits per heavy atom. The van der Waals surface area contributed by atoms with Crippen LogP contribution >= 0.6 is 0 Å². The van der Waals surface area contributed by atoms with Gasteiger partial charge in [0.25, 0.3) is 0 Å². The summed E-state index contributed by atoms with van der Waals surface area (Å²) in [5.41, 5.74) is 0.866. The van der Waals surface area contributed by atoms with E-state index in [9.17, 15) is 0 Å².